The molecule has 2 aromatic rings. The van der Waals surface area contributed by atoms with Crippen molar-refractivity contribution in [2.45, 2.75) is 48.3 Å². The Morgan fingerprint density at radius 3 is 2.74 bits per heavy atom. The normalized spacial score (nSPS) is 16.7. The molecule has 1 aliphatic heterocycles. The van der Waals surface area contributed by atoms with Crippen molar-refractivity contribution in [1.29, 1.82) is 0 Å². The molecule has 1 aliphatic carbocycles. The van der Waals surface area contributed by atoms with Crippen molar-refractivity contribution in [2.24, 2.45) is 5.92 Å². The summed E-state index contributed by atoms with van der Waals surface area (Å²) in [5.74, 6) is 0.472. The molecule has 0 bridgehead atoms. The molecule has 2 aliphatic rings. The monoisotopic (exact) mass is 380 g/mol. The van der Waals surface area contributed by atoms with Crippen molar-refractivity contribution in [2.75, 3.05) is 11.9 Å². The minimum Gasteiger partial charge on any atom is -0.352 e. The van der Waals surface area contributed by atoms with E-state index in [0.717, 1.165) is 27.8 Å². The Balaban J connectivity index is 1.44. The van der Waals surface area contributed by atoms with Crippen LogP contribution < -0.4 is 10.6 Å². The highest BCUT2D eigenvalue weighted by molar-refractivity contribution is 7.99. The molecule has 1 heterocycles. The predicted octanol–water partition coefficient (Wildman–Crippen LogP) is 5.10. The van der Waals surface area contributed by atoms with Gasteiger partial charge in [-0.2, -0.15) is 0 Å². The highest BCUT2D eigenvalue weighted by atomic mass is 32.2. The van der Waals surface area contributed by atoms with Crippen LogP contribution in [0.25, 0.3) is 0 Å². The quantitative estimate of drug-likeness (QED) is 0.775. The van der Waals surface area contributed by atoms with Gasteiger partial charge < -0.3 is 10.6 Å². The van der Waals surface area contributed by atoms with E-state index in [9.17, 15) is 9.59 Å². The van der Waals surface area contributed by atoms with Crippen molar-refractivity contribution in [3.8, 4) is 0 Å². The first kappa shape index (κ1) is 18.1. The average molecular weight is 381 g/mol. The molecular weight excluding hydrogens is 356 g/mol. The second-order valence-corrected chi connectivity index (χ2v) is 8.40. The Hall–Kier alpha value is -2.27. The van der Waals surface area contributed by atoms with Crippen LogP contribution in [0.15, 0.2) is 52.3 Å². The minimum absolute atomic E-state index is 0.104. The molecule has 0 saturated heterocycles. The molecule has 1 fully saturated rings. The Morgan fingerprint density at radius 2 is 1.89 bits per heavy atom. The van der Waals surface area contributed by atoms with Crippen LogP contribution in [0.5, 0.6) is 0 Å². The topological polar surface area (TPSA) is 58.2 Å². The minimum atomic E-state index is -0.167. The Bertz CT molecular complexity index is 859. The molecule has 0 unspecified atom stereocenters. The van der Waals surface area contributed by atoms with E-state index in [4.69, 9.17) is 0 Å². The van der Waals surface area contributed by atoms with Gasteiger partial charge in [-0.15, -0.1) is 0 Å². The first-order valence-electron chi connectivity index (χ1n) is 9.71. The smallest absolute Gasteiger partial charge is 0.256 e. The molecule has 0 aromatic heterocycles. The summed E-state index contributed by atoms with van der Waals surface area (Å²) in [4.78, 5) is 27.0. The van der Waals surface area contributed by atoms with E-state index in [0.29, 0.717) is 17.7 Å². The van der Waals surface area contributed by atoms with Crippen molar-refractivity contribution in [1.82, 2.24) is 5.32 Å². The summed E-state index contributed by atoms with van der Waals surface area (Å²) in [6.07, 6.45) is 7.60. The van der Waals surface area contributed by atoms with Crippen molar-refractivity contribution in [3.05, 3.63) is 53.6 Å². The van der Waals surface area contributed by atoms with Gasteiger partial charge in [0, 0.05) is 21.9 Å². The number of carbonyl (C=O) groups is 2. The molecule has 27 heavy (non-hydrogen) atoms. The molecule has 2 N–H and O–H groups in total. The summed E-state index contributed by atoms with van der Waals surface area (Å²) in [6, 6.07) is 13.1. The van der Waals surface area contributed by atoms with Gasteiger partial charge in [-0.1, -0.05) is 56.0 Å². The zero-order chi connectivity index (χ0) is 18.6. The van der Waals surface area contributed by atoms with E-state index >= 15 is 0 Å². The number of amides is 2. The van der Waals surface area contributed by atoms with Crippen LogP contribution >= 0.6 is 11.8 Å². The van der Waals surface area contributed by atoms with E-state index in [1.807, 2.05) is 36.4 Å². The van der Waals surface area contributed by atoms with Crippen LogP contribution in [-0.4, -0.2) is 18.4 Å². The Morgan fingerprint density at radius 1 is 1.07 bits per heavy atom. The standard InChI is InChI=1S/C22H24N2O2S/c25-21(23-13-12-15-6-2-1-3-7-15)16-10-11-19-17(14-16)22(26)24-18-8-4-5-9-20(18)27-19/h4-5,8-11,14-15H,1-3,6-7,12-13H2,(H,23,25)(H,24,26). The number of nitrogens with one attached hydrogen (secondary N) is 2. The van der Waals surface area contributed by atoms with E-state index in [2.05, 4.69) is 10.6 Å². The summed E-state index contributed by atoms with van der Waals surface area (Å²) in [7, 11) is 0. The van der Waals surface area contributed by atoms with Crippen LogP contribution in [0.1, 0.15) is 59.2 Å². The summed E-state index contributed by atoms with van der Waals surface area (Å²) in [6.45, 7) is 0.701. The molecular formula is C22H24N2O2S. The molecule has 1 saturated carbocycles. The van der Waals surface area contributed by atoms with Crippen LogP contribution in [0.3, 0.4) is 0 Å². The molecule has 140 valence electrons. The second kappa shape index (κ2) is 8.17. The zero-order valence-corrected chi connectivity index (χ0v) is 16.1. The lowest BCUT2D eigenvalue weighted by molar-refractivity contribution is 0.0950. The SMILES string of the molecule is O=C(NCCC1CCCCC1)c1ccc2c(c1)C(=O)Nc1ccccc1S2. The van der Waals surface area contributed by atoms with Gasteiger partial charge in [-0.25, -0.2) is 0 Å². The zero-order valence-electron chi connectivity index (χ0n) is 15.3. The largest absolute Gasteiger partial charge is 0.352 e. The number of rotatable bonds is 4. The molecule has 2 aromatic carbocycles. The number of fused-ring (bicyclic) bond motifs is 2. The third kappa shape index (κ3) is 4.19. The molecule has 0 atom stereocenters. The van der Waals surface area contributed by atoms with Gasteiger partial charge in [0.1, 0.15) is 0 Å². The predicted molar refractivity (Wildman–Crippen MR) is 108 cm³/mol. The second-order valence-electron chi connectivity index (χ2n) is 7.31. The number of benzene rings is 2. The maximum Gasteiger partial charge on any atom is 0.256 e. The third-order valence-electron chi connectivity index (χ3n) is 5.40. The van der Waals surface area contributed by atoms with Crippen molar-refractivity contribution < 1.29 is 9.59 Å². The fourth-order valence-corrected chi connectivity index (χ4v) is 4.88. The van der Waals surface area contributed by atoms with Gasteiger partial charge in [-0.3, -0.25) is 9.59 Å². The van der Waals surface area contributed by atoms with E-state index < -0.39 is 0 Å². The van der Waals surface area contributed by atoms with Crippen molar-refractivity contribution in [3.63, 3.8) is 0 Å². The number of para-hydroxylation sites is 1. The van der Waals surface area contributed by atoms with E-state index in [-0.39, 0.29) is 11.8 Å². The summed E-state index contributed by atoms with van der Waals surface area (Å²) in [5.41, 5.74) is 1.90. The number of carbonyl (C=O) groups excluding carboxylic acids is 2. The maximum absolute atomic E-state index is 12.6. The van der Waals surface area contributed by atoms with Crippen LogP contribution in [0, 0.1) is 5.92 Å². The summed E-state index contributed by atoms with van der Waals surface area (Å²) >= 11 is 1.55. The highest BCUT2D eigenvalue weighted by Gasteiger charge is 2.21. The summed E-state index contributed by atoms with van der Waals surface area (Å²) < 4.78 is 0. The van der Waals surface area contributed by atoms with Crippen LogP contribution in [0.4, 0.5) is 5.69 Å². The lowest BCUT2D eigenvalue weighted by Gasteiger charge is -2.21. The molecule has 4 rings (SSSR count). The third-order valence-corrected chi connectivity index (χ3v) is 6.56. The van der Waals surface area contributed by atoms with Crippen LogP contribution in [0.2, 0.25) is 0 Å². The maximum atomic E-state index is 12.6. The first-order valence-corrected chi connectivity index (χ1v) is 10.5. The fraction of sp³-hybridized carbons (Fsp3) is 0.364. The van der Waals surface area contributed by atoms with Gasteiger partial charge in [0.15, 0.2) is 0 Å². The van der Waals surface area contributed by atoms with Gasteiger partial charge in [-0.05, 0) is 42.7 Å². The fourth-order valence-electron chi connectivity index (χ4n) is 3.87. The van der Waals surface area contributed by atoms with Gasteiger partial charge in [0.05, 0.1) is 11.3 Å². The Labute approximate surface area is 164 Å². The highest BCUT2D eigenvalue weighted by Crippen LogP contribution is 2.38. The summed E-state index contributed by atoms with van der Waals surface area (Å²) in [5, 5.41) is 5.96. The van der Waals surface area contributed by atoms with Gasteiger partial charge in [0.25, 0.3) is 11.8 Å². The first-order chi connectivity index (χ1) is 13.2. The Kier molecular flexibility index (Phi) is 5.48. The van der Waals surface area contributed by atoms with E-state index in [1.165, 1.54) is 32.1 Å². The molecule has 2 amide bonds. The number of anilines is 1. The molecule has 0 spiro atoms. The van der Waals surface area contributed by atoms with E-state index in [1.54, 1.807) is 17.8 Å². The number of hydrogen-bond acceptors (Lipinski definition) is 3. The number of hydrogen-bond donors (Lipinski definition) is 2. The lowest BCUT2D eigenvalue weighted by atomic mass is 9.87. The molecule has 0 radical (unpaired) electrons. The molecule has 4 nitrogen and oxygen atoms in total. The van der Waals surface area contributed by atoms with Gasteiger partial charge in [0.2, 0.25) is 0 Å². The van der Waals surface area contributed by atoms with Crippen LogP contribution in [-0.2, 0) is 0 Å². The molecule has 5 heteroatoms. The van der Waals surface area contributed by atoms with Gasteiger partial charge >= 0.3 is 0 Å². The lowest BCUT2D eigenvalue weighted by Crippen LogP contribution is -2.26. The van der Waals surface area contributed by atoms with Crippen molar-refractivity contribution >= 4 is 29.3 Å². The average Bonchev–Trinajstić information content (AvgIpc) is 2.84.